The van der Waals surface area contributed by atoms with Crippen molar-refractivity contribution >= 4 is 43.0 Å². The van der Waals surface area contributed by atoms with Gasteiger partial charge in [0.25, 0.3) is 11.5 Å². The van der Waals surface area contributed by atoms with Crippen molar-refractivity contribution in [3.63, 3.8) is 0 Å². The molecule has 0 saturated heterocycles. The van der Waals surface area contributed by atoms with Crippen molar-refractivity contribution in [1.82, 2.24) is 14.9 Å². The van der Waals surface area contributed by atoms with Gasteiger partial charge in [-0.2, -0.15) is 8.78 Å². The number of carbonyl (C=O) groups is 2. The van der Waals surface area contributed by atoms with Crippen LogP contribution in [0.1, 0.15) is 47.7 Å². The predicted molar refractivity (Wildman–Crippen MR) is 154 cm³/mol. The number of amides is 2. The number of anilines is 1. The monoisotopic (exact) mass is 637 g/mol. The molecule has 8 nitrogen and oxygen atoms in total. The molecule has 0 spiro atoms. The smallest absolute Gasteiger partial charge is 0.316 e. The van der Waals surface area contributed by atoms with E-state index in [1.807, 2.05) is 0 Å². The first kappa shape index (κ1) is 29.1. The number of nitrogens with two attached hydrogens (primary N) is 1. The van der Waals surface area contributed by atoms with Gasteiger partial charge in [-0.15, -0.1) is 0 Å². The number of carbonyl (C=O) groups excluding carboxylic acids is 2. The van der Waals surface area contributed by atoms with Gasteiger partial charge < -0.3 is 16.4 Å². The molecule has 1 heterocycles. The number of nitrogens with zero attached hydrogens (tertiary/aromatic N) is 2. The summed E-state index contributed by atoms with van der Waals surface area (Å²) in [7, 11) is 0. The lowest BCUT2D eigenvalue weighted by Crippen LogP contribution is -2.33. The number of halogens is 3. The summed E-state index contributed by atoms with van der Waals surface area (Å²) >= 11 is -1.55. The zero-order valence-electron chi connectivity index (χ0n) is 21.0. The van der Waals surface area contributed by atoms with Crippen LogP contribution in [0.2, 0.25) is 0 Å². The average Bonchev–Trinajstić information content (AvgIpc) is 2.91. The molecule has 0 bridgehead atoms. The zero-order chi connectivity index (χ0) is 27.7. The maximum atomic E-state index is 14.0. The third-order valence-electron chi connectivity index (χ3n) is 5.73. The average molecular weight is 637 g/mol. The first-order valence-corrected chi connectivity index (χ1v) is 14.6. The van der Waals surface area contributed by atoms with Crippen molar-refractivity contribution in [3.8, 4) is 11.3 Å². The summed E-state index contributed by atoms with van der Waals surface area (Å²) in [4.78, 5) is 40.8. The topological polar surface area (TPSA) is 119 Å². The molecule has 0 unspecified atom stereocenters. The molecule has 38 heavy (non-hydrogen) atoms. The van der Waals surface area contributed by atoms with E-state index in [1.54, 1.807) is 24.3 Å². The number of unbranched alkanes of at least 4 members (excludes halogenated alkanes) is 2. The molecule has 0 fully saturated rings. The Balaban J connectivity index is 1.88. The summed E-state index contributed by atoms with van der Waals surface area (Å²) in [6.45, 7) is 2.64. The summed E-state index contributed by atoms with van der Waals surface area (Å²) in [5.74, 6) is -0.708. The molecule has 0 saturated carbocycles. The van der Waals surface area contributed by atoms with Crippen LogP contribution in [0.25, 0.3) is 11.3 Å². The minimum absolute atomic E-state index is 0.0953. The van der Waals surface area contributed by atoms with Gasteiger partial charge >= 0.3 is 3.93 Å². The third kappa shape index (κ3) is 7.76. The molecule has 0 aliphatic heterocycles. The van der Waals surface area contributed by atoms with Crippen LogP contribution in [-0.4, -0.2) is 39.0 Å². The summed E-state index contributed by atoms with van der Waals surface area (Å²) in [6, 6.07) is 13.8. The van der Waals surface area contributed by atoms with Crippen LogP contribution >= 0.6 is 20.7 Å². The van der Waals surface area contributed by atoms with E-state index < -0.39 is 36.5 Å². The second kappa shape index (κ2) is 13.4. The summed E-state index contributed by atoms with van der Waals surface area (Å²) in [6.07, 6.45) is 2.94. The third-order valence-corrected chi connectivity index (χ3v) is 7.31. The molecule has 2 aromatic carbocycles. The highest BCUT2D eigenvalue weighted by Gasteiger charge is 2.27. The first-order chi connectivity index (χ1) is 18.1. The van der Waals surface area contributed by atoms with Gasteiger partial charge in [0.05, 0.1) is 18.8 Å². The molecule has 4 N–H and O–H groups in total. The highest BCUT2D eigenvalue weighted by molar-refractivity contribution is 14.2. The van der Waals surface area contributed by atoms with Crippen molar-refractivity contribution in [3.05, 3.63) is 81.6 Å². The number of rotatable bonds is 13. The summed E-state index contributed by atoms with van der Waals surface area (Å²) in [5.41, 5.74) is 6.69. The van der Waals surface area contributed by atoms with E-state index in [1.165, 1.54) is 34.9 Å². The maximum Gasteiger partial charge on any atom is 0.316 e. The fourth-order valence-electron chi connectivity index (χ4n) is 3.64. The number of aromatic nitrogens is 2. The molecule has 3 aromatic rings. The Bertz CT molecular complexity index is 1340. The number of benzene rings is 2. The highest BCUT2D eigenvalue weighted by atomic mass is 127. The molecule has 0 aliphatic rings. The standard InChI is InChI=1S/C27H30F2IN5O3/c1-3-4-5-14-32-26-34-22(19-10-12-21(13-11-19)27(28,29)30-2)15-24(37)35(26)17-18-6-8-20(9-7-18)25(38)33-16-23(31)36/h6-13,15H,2-5,14,16-17H2,1H3,(H2,31,36)(H,32,34)(H,33,38). The number of hydrogen-bond donors (Lipinski definition) is 3. The van der Waals surface area contributed by atoms with E-state index in [0.717, 1.165) is 24.8 Å². The van der Waals surface area contributed by atoms with Crippen LogP contribution in [0.4, 0.5) is 14.7 Å². The molecule has 202 valence electrons. The first-order valence-electron chi connectivity index (χ1n) is 12.0. The minimum atomic E-state index is -2.92. The van der Waals surface area contributed by atoms with Crippen LogP contribution < -0.4 is 21.9 Å². The van der Waals surface area contributed by atoms with E-state index in [9.17, 15) is 23.2 Å². The molecular formula is C27H30F2IN5O3. The van der Waals surface area contributed by atoms with Gasteiger partial charge in [0.2, 0.25) is 11.9 Å². The van der Waals surface area contributed by atoms with Crippen molar-refractivity contribution < 1.29 is 18.4 Å². The van der Waals surface area contributed by atoms with E-state index in [2.05, 4.69) is 27.1 Å². The molecule has 11 heteroatoms. The summed E-state index contributed by atoms with van der Waals surface area (Å²) in [5, 5.41) is 5.67. The Labute approximate surface area is 229 Å². The molecule has 0 radical (unpaired) electrons. The quantitative estimate of drug-likeness (QED) is 0.147. The van der Waals surface area contributed by atoms with Gasteiger partial charge in [0.15, 0.2) is 0 Å². The van der Waals surface area contributed by atoms with Gasteiger partial charge in [0, 0.05) is 29.3 Å². The van der Waals surface area contributed by atoms with Crippen LogP contribution in [0.3, 0.4) is 0 Å². The Kier molecular flexibility index (Phi) is 10.2. The Morgan fingerprint density at radius 1 is 1.11 bits per heavy atom. The second-order valence-corrected chi connectivity index (χ2v) is 10.7. The molecular weight excluding hydrogens is 607 g/mol. The van der Waals surface area contributed by atoms with E-state index in [-0.39, 0.29) is 24.2 Å². The number of alkyl halides is 3. The van der Waals surface area contributed by atoms with Gasteiger partial charge in [-0.25, -0.2) is 4.98 Å². The molecule has 3 rings (SSSR count). The van der Waals surface area contributed by atoms with Crippen LogP contribution in [0.5, 0.6) is 0 Å². The largest absolute Gasteiger partial charge is 0.368 e. The van der Waals surface area contributed by atoms with Gasteiger partial charge in [0.1, 0.15) is 0 Å². The predicted octanol–water partition coefficient (Wildman–Crippen LogP) is 4.23. The maximum absolute atomic E-state index is 14.0. The zero-order valence-corrected chi connectivity index (χ0v) is 23.1. The van der Waals surface area contributed by atoms with E-state index in [0.29, 0.717) is 29.3 Å². The number of nitrogens with one attached hydrogen (secondary N) is 2. The van der Waals surface area contributed by atoms with Crippen molar-refractivity contribution in [1.29, 1.82) is 0 Å². The van der Waals surface area contributed by atoms with Crippen LogP contribution in [0.15, 0.2) is 59.4 Å². The number of hydrogen-bond acceptors (Lipinski definition) is 5. The SMILES string of the molecule is C=IC(F)(F)c1ccc(-c2cc(=O)n(Cc3ccc(C(=O)NCC(N)=O)cc3)c(NCCCCC)n2)cc1. The van der Waals surface area contributed by atoms with E-state index >= 15 is 0 Å². The van der Waals surface area contributed by atoms with Crippen LogP contribution in [0, 0.1) is 0 Å². The van der Waals surface area contributed by atoms with Crippen molar-refractivity contribution in [2.45, 2.75) is 36.7 Å². The Hall–Kier alpha value is -3.48. The van der Waals surface area contributed by atoms with Crippen molar-refractivity contribution in [2.75, 3.05) is 18.4 Å². The number of primary amides is 1. The minimum Gasteiger partial charge on any atom is -0.368 e. The lowest BCUT2D eigenvalue weighted by molar-refractivity contribution is -0.117. The Morgan fingerprint density at radius 2 is 1.79 bits per heavy atom. The molecule has 2 amide bonds. The van der Waals surface area contributed by atoms with Gasteiger partial charge in [-0.1, -0.05) is 60.7 Å². The molecule has 0 aliphatic carbocycles. The lowest BCUT2D eigenvalue weighted by atomic mass is 10.1. The molecule has 1 aromatic heterocycles. The van der Waals surface area contributed by atoms with Crippen molar-refractivity contribution in [2.24, 2.45) is 5.73 Å². The Morgan fingerprint density at radius 3 is 2.39 bits per heavy atom. The van der Waals surface area contributed by atoms with E-state index in [4.69, 9.17) is 5.73 Å². The van der Waals surface area contributed by atoms with Crippen LogP contribution in [-0.2, 0) is 15.3 Å². The van der Waals surface area contributed by atoms with Gasteiger partial charge in [-0.05, 0) is 44.8 Å². The normalized spacial score (nSPS) is 11.2. The van der Waals surface area contributed by atoms with Gasteiger partial charge in [-0.3, -0.25) is 19.0 Å². The fourth-order valence-corrected chi connectivity index (χ4v) is 4.44. The molecule has 0 atom stereocenters. The second-order valence-electron chi connectivity index (χ2n) is 8.58. The highest BCUT2D eigenvalue weighted by Crippen LogP contribution is 2.39. The lowest BCUT2D eigenvalue weighted by Gasteiger charge is -2.16. The summed E-state index contributed by atoms with van der Waals surface area (Å²) < 4.78 is 30.0. The fraction of sp³-hybridized carbons (Fsp3) is 0.296.